The van der Waals surface area contributed by atoms with Crippen LogP contribution in [-0.4, -0.2) is 29.3 Å². The van der Waals surface area contributed by atoms with E-state index in [1.807, 2.05) is 0 Å². The summed E-state index contributed by atoms with van der Waals surface area (Å²) in [6.07, 6.45) is 4.17. The smallest absolute Gasteiger partial charge is 0.00698 e. The molecule has 1 fully saturated rings. The molecule has 1 saturated heterocycles. The van der Waals surface area contributed by atoms with E-state index >= 15 is 0 Å². The van der Waals surface area contributed by atoms with Crippen molar-refractivity contribution in [2.45, 2.75) is 52.1 Å². The Bertz CT molecular complexity index is 139. The minimum absolute atomic E-state index is 0.728. The Morgan fingerprint density at radius 1 is 1.31 bits per heavy atom. The normalized spacial score (nSPS) is 33.2. The van der Waals surface area contributed by atoms with E-state index in [4.69, 9.17) is 0 Å². The van der Waals surface area contributed by atoms with Crippen LogP contribution in [-0.2, 0) is 0 Å². The van der Waals surface area contributed by atoms with Crippen molar-refractivity contribution < 1.29 is 0 Å². The molecular weight excluding hydrogens is 178 g/mol. The van der Waals surface area contributed by atoms with Crippen LogP contribution in [0.15, 0.2) is 0 Å². The zero-order valence-electron chi connectivity index (χ0n) is 9.16. The second-order valence-electron chi connectivity index (χ2n) is 4.61. The molecular formula is C11H23NS. The third-order valence-corrected chi connectivity index (χ3v) is 3.83. The van der Waals surface area contributed by atoms with Gasteiger partial charge >= 0.3 is 0 Å². The van der Waals surface area contributed by atoms with E-state index in [9.17, 15) is 0 Å². The maximum atomic E-state index is 4.35. The molecule has 3 atom stereocenters. The van der Waals surface area contributed by atoms with Crippen LogP contribution in [0, 0.1) is 5.92 Å². The molecule has 1 rings (SSSR count). The summed E-state index contributed by atoms with van der Waals surface area (Å²) in [6.45, 7) is 8.24. The van der Waals surface area contributed by atoms with Gasteiger partial charge in [-0.05, 0) is 38.4 Å². The van der Waals surface area contributed by atoms with Crippen molar-refractivity contribution in [1.29, 1.82) is 0 Å². The minimum Gasteiger partial charge on any atom is -0.298 e. The Morgan fingerprint density at radius 2 is 1.85 bits per heavy atom. The Kier molecular flexibility index (Phi) is 4.60. The van der Waals surface area contributed by atoms with Gasteiger partial charge in [0.25, 0.3) is 0 Å². The molecule has 0 bridgehead atoms. The average molecular weight is 201 g/mol. The minimum atomic E-state index is 0.728. The molecule has 2 heteroatoms. The van der Waals surface area contributed by atoms with Crippen molar-refractivity contribution in [3.05, 3.63) is 0 Å². The van der Waals surface area contributed by atoms with Crippen LogP contribution >= 0.6 is 12.6 Å². The third-order valence-electron chi connectivity index (χ3n) is 3.21. The van der Waals surface area contributed by atoms with E-state index in [1.165, 1.54) is 25.8 Å². The van der Waals surface area contributed by atoms with Crippen molar-refractivity contribution >= 4 is 12.6 Å². The highest BCUT2D eigenvalue weighted by Crippen LogP contribution is 2.23. The fraction of sp³-hybridized carbons (Fsp3) is 1.00. The molecule has 1 nitrogen and oxygen atoms in total. The van der Waals surface area contributed by atoms with Gasteiger partial charge in [0.05, 0.1) is 0 Å². The first-order chi connectivity index (χ1) is 6.15. The molecule has 0 aromatic carbocycles. The maximum Gasteiger partial charge on any atom is 0.00698 e. The number of hydrogen-bond donors (Lipinski definition) is 1. The standard InChI is InChI=1S/C11H23NS/c1-9(8-13)7-12-10(2)5-4-6-11(12)3/h9-11,13H,4-8H2,1-3H3/t9?,10-,11+. The van der Waals surface area contributed by atoms with Crippen molar-refractivity contribution in [3.8, 4) is 0 Å². The van der Waals surface area contributed by atoms with Crippen molar-refractivity contribution in [1.82, 2.24) is 4.90 Å². The van der Waals surface area contributed by atoms with Gasteiger partial charge in [-0.3, -0.25) is 4.90 Å². The molecule has 78 valence electrons. The first-order valence-corrected chi connectivity index (χ1v) is 6.15. The zero-order chi connectivity index (χ0) is 9.84. The number of rotatable bonds is 3. The molecule has 0 N–H and O–H groups in total. The van der Waals surface area contributed by atoms with Crippen LogP contribution in [0.3, 0.4) is 0 Å². The van der Waals surface area contributed by atoms with E-state index in [0.717, 1.165) is 23.8 Å². The molecule has 0 spiro atoms. The van der Waals surface area contributed by atoms with Gasteiger partial charge in [-0.2, -0.15) is 12.6 Å². The number of hydrogen-bond acceptors (Lipinski definition) is 2. The Labute approximate surface area is 88.3 Å². The quantitative estimate of drug-likeness (QED) is 0.687. The van der Waals surface area contributed by atoms with E-state index in [0.29, 0.717) is 0 Å². The molecule has 1 unspecified atom stereocenters. The van der Waals surface area contributed by atoms with Crippen molar-refractivity contribution in [3.63, 3.8) is 0 Å². The van der Waals surface area contributed by atoms with Gasteiger partial charge in [0.1, 0.15) is 0 Å². The summed E-state index contributed by atoms with van der Waals surface area (Å²) < 4.78 is 0. The van der Waals surface area contributed by atoms with Crippen LogP contribution < -0.4 is 0 Å². The number of piperidine rings is 1. The molecule has 0 aromatic rings. The Hall–Kier alpha value is 0.310. The lowest BCUT2D eigenvalue weighted by Crippen LogP contribution is -2.45. The lowest BCUT2D eigenvalue weighted by molar-refractivity contribution is 0.0906. The lowest BCUT2D eigenvalue weighted by Gasteiger charge is -2.40. The highest BCUT2D eigenvalue weighted by molar-refractivity contribution is 7.80. The molecule has 1 aliphatic rings. The van der Waals surface area contributed by atoms with Crippen LogP contribution in [0.2, 0.25) is 0 Å². The Balaban J connectivity index is 2.43. The number of nitrogens with zero attached hydrogens (tertiary/aromatic N) is 1. The van der Waals surface area contributed by atoms with Crippen molar-refractivity contribution in [2.75, 3.05) is 12.3 Å². The highest BCUT2D eigenvalue weighted by atomic mass is 32.1. The summed E-state index contributed by atoms with van der Waals surface area (Å²) in [5, 5.41) is 0. The van der Waals surface area contributed by atoms with E-state index < -0.39 is 0 Å². The van der Waals surface area contributed by atoms with Gasteiger partial charge in [-0.1, -0.05) is 13.3 Å². The van der Waals surface area contributed by atoms with Gasteiger partial charge in [0.2, 0.25) is 0 Å². The van der Waals surface area contributed by atoms with E-state index in [1.54, 1.807) is 0 Å². The molecule has 0 radical (unpaired) electrons. The van der Waals surface area contributed by atoms with Gasteiger partial charge in [-0.25, -0.2) is 0 Å². The monoisotopic (exact) mass is 201 g/mol. The van der Waals surface area contributed by atoms with Gasteiger partial charge in [0.15, 0.2) is 0 Å². The average Bonchev–Trinajstić information content (AvgIpc) is 2.11. The van der Waals surface area contributed by atoms with Crippen LogP contribution in [0.1, 0.15) is 40.0 Å². The molecule has 0 amide bonds. The summed E-state index contributed by atoms with van der Waals surface area (Å²) in [5.41, 5.74) is 0. The second-order valence-corrected chi connectivity index (χ2v) is 4.98. The summed E-state index contributed by atoms with van der Waals surface area (Å²) in [7, 11) is 0. The summed E-state index contributed by atoms with van der Waals surface area (Å²) in [6, 6.07) is 1.57. The van der Waals surface area contributed by atoms with Gasteiger partial charge in [-0.15, -0.1) is 0 Å². The molecule has 0 saturated carbocycles. The fourth-order valence-corrected chi connectivity index (χ4v) is 2.37. The summed E-state index contributed by atoms with van der Waals surface area (Å²) in [5.74, 6) is 1.74. The van der Waals surface area contributed by atoms with E-state index in [2.05, 4.69) is 38.3 Å². The summed E-state index contributed by atoms with van der Waals surface area (Å²) >= 11 is 4.35. The zero-order valence-corrected chi connectivity index (χ0v) is 10.1. The largest absolute Gasteiger partial charge is 0.298 e. The summed E-state index contributed by atoms with van der Waals surface area (Å²) in [4.78, 5) is 2.66. The maximum absolute atomic E-state index is 4.35. The first-order valence-electron chi connectivity index (χ1n) is 5.51. The fourth-order valence-electron chi connectivity index (χ4n) is 2.25. The van der Waals surface area contributed by atoms with Gasteiger partial charge < -0.3 is 0 Å². The Morgan fingerprint density at radius 3 is 2.31 bits per heavy atom. The van der Waals surface area contributed by atoms with E-state index in [-0.39, 0.29) is 0 Å². The molecule has 0 aliphatic carbocycles. The van der Waals surface area contributed by atoms with Crippen LogP contribution in [0.25, 0.3) is 0 Å². The SMILES string of the molecule is CC(CS)CN1[C@H](C)CCC[C@@H]1C. The predicted octanol–water partition coefficient (Wildman–Crippen LogP) is 2.82. The molecule has 1 aliphatic heterocycles. The second kappa shape index (κ2) is 5.26. The predicted molar refractivity (Wildman–Crippen MR) is 62.5 cm³/mol. The third kappa shape index (κ3) is 3.17. The number of thiol groups is 1. The van der Waals surface area contributed by atoms with Crippen molar-refractivity contribution in [2.24, 2.45) is 5.92 Å². The topological polar surface area (TPSA) is 3.24 Å². The molecule has 1 heterocycles. The molecule has 0 aromatic heterocycles. The highest BCUT2D eigenvalue weighted by Gasteiger charge is 2.25. The first kappa shape index (κ1) is 11.4. The van der Waals surface area contributed by atoms with Gasteiger partial charge in [0, 0.05) is 18.6 Å². The number of likely N-dealkylation sites (tertiary alicyclic amines) is 1. The lowest BCUT2D eigenvalue weighted by atomic mass is 9.96. The molecule has 13 heavy (non-hydrogen) atoms. The van der Waals surface area contributed by atoms with Crippen LogP contribution in [0.4, 0.5) is 0 Å². The van der Waals surface area contributed by atoms with Crippen LogP contribution in [0.5, 0.6) is 0 Å².